The first kappa shape index (κ1) is 15.4. The Balaban J connectivity index is 2.15. The van der Waals surface area contributed by atoms with Gasteiger partial charge in [-0.05, 0) is 43.9 Å². The molecule has 0 bridgehead atoms. The van der Waals surface area contributed by atoms with Gasteiger partial charge in [0.2, 0.25) is 0 Å². The Labute approximate surface area is 120 Å². The smallest absolute Gasteiger partial charge is 0.123 e. The third-order valence-electron chi connectivity index (χ3n) is 4.30. The van der Waals surface area contributed by atoms with E-state index in [1.54, 1.807) is 12.1 Å². The zero-order valence-corrected chi connectivity index (χ0v) is 12.2. The fourth-order valence-corrected chi connectivity index (χ4v) is 3.33. The second kappa shape index (κ2) is 7.16. The lowest BCUT2D eigenvalue weighted by Crippen LogP contribution is -2.57. The minimum Gasteiger partial charge on any atom is -0.374 e. The fraction of sp³-hybridized carbons (Fsp3) is 0.625. The standard InChI is InChI=1S/C16H25FN2O/c1-2-20-16(9-4-3-5-10-16)15(19-18)12-13-7-6-8-14(17)11-13/h6-8,11,15,19H,2-5,9-10,12,18H2,1H3. The van der Waals surface area contributed by atoms with Crippen molar-refractivity contribution in [1.82, 2.24) is 5.43 Å². The van der Waals surface area contributed by atoms with Crippen molar-refractivity contribution in [3.8, 4) is 0 Å². The molecule has 0 amide bonds. The Morgan fingerprint density at radius 1 is 1.35 bits per heavy atom. The van der Waals surface area contributed by atoms with Gasteiger partial charge < -0.3 is 4.74 Å². The minimum absolute atomic E-state index is 0.0181. The lowest BCUT2D eigenvalue weighted by molar-refractivity contribution is -0.0898. The molecule has 0 aromatic heterocycles. The lowest BCUT2D eigenvalue weighted by Gasteiger charge is -2.43. The van der Waals surface area contributed by atoms with E-state index in [9.17, 15) is 4.39 Å². The highest BCUT2D eigenvalue weighted by Gasteiger charge is 2.40. The molecule has 0 heterocycles. The molecule has 3 nitrogen and oxygen atoms in total. The Morgan fingerprint density at radius 3 is 2.70 bits per heavy atom. The summed E-state index contributed by atoms with van der Waals surface area (Å²) in [4.78, 5) is 0. The van der Waals surface area contributed by atoms with Crippen molar-refractivity contribution in [2.45, 2.75) is 57.1 Å². The van der Waals surface area contributed by atoms with Crippen LogP contribution < -0.4 is 11.3 Å². The van der Waals surface area contributed by atoms with Gasteiger partial charge in [0.05, 0.1) is 11.6 Å². The van der Waals surface area contributed by atoms with Crippen LogP contribution in [0.3, 0.4) is 0 Å². The number of rotatable bonds is 6. The van der Waals surface area contributed by atoms with Crippen LogP contribution in [-0.2, 0) is 11.2 Å². The number of benzene rings is 1. The molecule has 0 spiro atoms. The quantitative estimate of drug-likeness (QED) is 0.622. The van der Waals surface area contributed by atoms with Gasteiger partial charge in [0, 0.05) is 6.61 Å². The molecule has 4 heteroatoms. The van der Waals surface area contributed by atoms with Crippen LogP contribution in [-0.4, -0.2) is 18.2 Å². The van der Waals surface area contributed by atoms with Gasteiger partial charge in [-0.25, -0.2) is 4.39 Å². The highest BCUT2D eigenvalue weighted by Crippen LogP contribution is 2.35. The van der Waals surface area contributed by atoms with E-state index >= 15 is 0 Å². The third kappa shape index (κ3) is 3.57. The van der Waals surface area contributed by atoms with E-state index in [0.29, 0.717) is 13.0 Å². The summed E-state index contributed by atoms with van der Waals surface area (Å²) in [6, 6.07) is 6.74. The fourth-order valence-electron chi connectivity index (χ4n) is 3.33. The molecular formula is C16H25FN2O. The summed E-state index contributed by atoms with van der Waals surface area (Å²) in [7, 11) is 0. The topological polar surface area (TPSA) is 47.3 Å². The summed E-state index contributed by atoms with van der Waals surface area (Å²) >= 11 is 0. The SMILES string of the molecule is CCOC1(C(Cc2cccc(F)c2)NN)CCCCC1. The third-order valence-corrected chi connectivity index (χ3v) is 4.30. The summed E-state index contributed by atoms with van der Waals surface area (Å²) in [6.07, 6.45) is 6.32. The normalized spacial score (nSPS) is 19.8. The Hall–Kier alpha value is -0.970. The number of halogens is 1. The molecule has 1 atom stereocenters. The van der Waals surface area contributed by atoms with E-state index in [1.807, 2.05) is 13.0 Å². The Bertz CT molecular complexity index is 413. The van der Waals surface area contributed by atoms with Crippen LogP contribution in [0.15, 0.2) is 24.3 Å². The number of ether oxygens (including phenoxy) is 1. The van der Waals surface area contributed by atoms with Gasteiger partial charge in [0.25, 0.3) is 0 Å². The average Bonchev–Trinajstić information content (AvgIpc) is 2.46. The number of nitrogens with two attached hydrogens (primary N) is 1. The van der Waals surface area contributed by atoms with Gasteiger partial charge in [-0.2, -0.15) is 0 Å². The zero-order chi connectivity index (χ0) is 14.4. The van der Waals surface area contributed by atoms with Gasteiger partial charge in [0.1, 0.15) is 5.82 Å². The van der Waals surface area contributed by atoms with Crippen LogP contribution in [0.4, 0.5) is 4.39 Å². The summed E-state index contributed by atoms with van der Waals surface area (Å²) in [5.74, 6) is 5.58. The molecule has 1 aromatic carbocycles. The van der Waals surface area contributed by atoms with E-state index in [2.05, 4.69) is 5.43 Å². The summed E-state index contributed by atoms with van der Waals surface area (Å²) in [5.41, 5.74) is 3.66. The maximum atomic E-state index is 13.3. The molecule has 1 unspecified atom stereocenters. The first-order valence-corrected chi connectivity index (χ1v) is 7.55. The number of nitrogens with one attached hydrogen (secondary N) is 1. The predicted molar refractivity (Wildman–Crippen MR) is 78.7 cm³/mol. The van der Waals surface area contributed by atoms with Crippen molar-refractivity contribution < 1.29 is 9.13 Å². The number of hydrazine groups is 1. The van der Waals surface area contributed by atoms with E-state index in [0.717, 1.165) is 18.4 Å². The van der Waals surface area contributed by atoms with Gasteiger partial charge in [0.15, 0.2) is 0 Å². The average molecular weight is 280 g/mol. The van der Waals surface area contributed by atoms with Crippen LogP contribution in [0.2, 0.25) is 0 Å². The molecule has 0 saturated heterocycles. The largest absolute Gasteiger partial charge is 0.374 e. The lowest BCUT2D eigenvalue weighted by atomic mass is 9.77. The summed E-state index contributed by atoms with van der Waals surface area (Å²) in [6.45, 7) is 2.70. The second-order valence-corrected chi connectivity index (χ2v) is 5.61. The predicted octanol–water partition coefficient (Wildman–Crippen LogP) is 2.94. The van der Waals surface area contributed by atoms with Crippen LogP contribution in [0, 0.1) is 5.82 Å². The number of hydrogen-bond acceptors (Lipinski definition) is 3. The van der Waals surface area contributed by atoms with Gasteiger partial charge in [-0.3, -0.25) is 11.3 Å². The van der Waals surface area contributed by atoms with Crippen LogP contribution in [0.5, 0.6) is 0 Å². The highest BCUT2D eigenvalue weighted by molar-refractivity contribution is 5.18. The molecule has 20 heavy (non-hydrogen) atoms. The maximum Gasteiger partial charge on any atom is 0.123 e. The van der Waals surface area contributed by atoms with Crippen molar-refractivity contribution in [3.63, 3.8) is 0 Å². The Kier molecular flexibility index (Phi) is 5.52. The molecule has 3 N–H and O–H groups in total. The molecule has 1 aromatic rings. The van der Waals surface area contributed by atoms with Gasteiger partial charge in [-0.15, -0.1) is 0 Å². The van der Waals surface area contributed by atoms with Crippen molar-refractivity contribution >= 4 is 0 Å². The molecule has 0 aliphatic heterocycles. The first-order valence-electron chi connectivity index (χ1n) is 7.55. The van der Waals surface area contributed by atoms with E-state index < -0.39 is 0 Å². The van der Waals surface area contributed by atoms with Crippen molar-refractivity contribution in [3.05, 3.63) is 35.6 Å². The molecule has 2 rings (SSSR count). The summed E-state index contributed by atoms with van der Waals surface area (Å²) < 4.78 is 19.4. The van der Waals surface area contributed by atoms with Crippen LogP contribution in [0.25, 0.3) is 0 Å². The molecular weight excluding hydrogens is 255 g/mol. The zero-order valence-electron chi connectivity index (χ0n) is 12.2. The molecule has 1 aliphatic rings. The Morgan fingerprint density at radius 2 is 2.10 bits per heavy atom. The maximum absolute atomic E-state index is 13.3. The molecule has 112 valence electrons. The number of hydrogen-bond donors (Lipinski definition) is 2. The van der Waals surface area contributed by atoms with Crippen LogP contribution >= 0.6 is 0 Å². The van der Waals surface area contributed by atoms with Gasteiger partial charge >= 0.3 is 0 Å². The molecule has 0 radical (unpaired) electrons. The van der Waals surface area contributed by atoms with E-state index in [4.69, 9.17) is 10.6 Å². The van der Waals surface area contributed by atoms with Crippen LogP contribution in [0.1, 0.15) is 44.6 Å². The van der Waals surface area contributed by atoms with Crippen molar-refractivity contribution in [2.24, 2.45) is 5.84 Å². The molecule has 1 saturated carbocycles. The van der Waals surface area contributed by atoms with Crippen molar-refractivity contribution in [2.75, 3.05) is 6.61 Å². The summed E-state index contributed by atoms with van der Waals surface area (Å²) in [5, 5.41) is 0. The van der Waals surface area contributed by atoms with Crippen molar-refractivity contribution in [1.29, 1.82) is 0 Å². The minimum atomic E-state index is -0.214. The second-order valence-electron chi connectivity index (χ2n) is 5.61. The molecule has 1 aliphatic carbocycles. The van der Waals surface area contributed by atoms with E-state index in [1.165, 1.54) is 25.3 Å². The van der Waals surface area contributed by atoms with E-state index in [-0.39, 0.29) is 17.5 Å². The van der Waals surface area contributed by atoms with Gasteiger partial charge in [-0.1, -0.05) is 31.4 Å². The highest BCUT2D eigenvalue weighted by atomic mass is 19.1. The first-order chi connectivity index (χ1) is 9.70. The monoisotopic (exact) mass is 280 g/mol. The molecule has 1 fully saturated rings.